The van der Waals surface area contributed by atoms with Gasteiger partial charge in [-0.3, -0.25) is 0 Å². The van der Waals surface area contributed by atoms with Crippen molar-refractivity contribution in [2.75, 3.05) is 5.88 Å². The molecule has 0 spiro atoms. The van der Waals surface area contributed by atoms with Gasteiger partial charge in [0.15, 0.2) is 0 Å². The fraction of sp³-hybridized carbons (Fsp3) is 0.312. The summed E-state index contributed by atoms with van der Waals surface area (Å²) in [5.74, 6) is 1.56. The molecule has 1 aromatic carbocycles. The lowest BCUT2D eigenvalue weighted by molar-refractivity contribution is 0.763. The molecule has 0 bridgehead atoms. The highest BCUT2D eigenvalue weighted by Crippen LogP contribution is 2.27. The standard InChI is InChI=1S/C16H16Cl2N2S/c1-2-11-6-7-12(21-11)10-20-15(8-9-17)19-14-5-3-4-13(18)16(14)20/h3-7H,2,8-10H2,1H3. The van der Waals surface area contributed by atoms with Crippen molar-refractivity contribution < 1.29 is 0 Å². The molecule has 5 heteroatoms. The summed E-state index contributed by atoms with van der Waals surface area (Å²) in [6.45, 7) is 2.98. The van der Waals surface area contributed by atoms with Crippen LogP contribution >= 0.6 is 34.5 Å². The lowest BCUT2D eigenvalue weighted by Gasteiger charge is -2.08. The van der Waals surface area contributed by atoms with Crippen LogP contribution in [-0.2, 0) is 19.4 Å². The molecule has 0 amide bonds. The normalized spacial score (nSPS) is 11.4. The zero-order valence-corrected chi connectivity index (χ0v) is 14.1. The maximum Gasteiger partial charge on any atom is 0.111 e. The van der Waals surface area contributed by atoms with Crippen molar-refractivity contribution in [2.45, 2.75) is 26.3 Å². The molecule has 0 N–H and O–H groups in total. The lowest BCUT2D eigenvalue weighted by atomic mass is 10.3. The summed E-state index contributed by atoms with van der Waals surface area (Å²) in [5, 5.41) is 0.744. The maximum atomic E-state index is 6.38. The molecule has 0 saturated heterocycles. The van der Waals surface area contributed by atoms with Crippen LogP contribution in [0, 0.1) is 0 Å². The molecule has 0 aliphatic rings. The molecule has 2 aromatic heterocycles. The van der Waals surface area contributed by atoms with Gasteiger partial charge in [-0.15, -0.1) is 22.9 Å². The first-order valence-corrected chi connectivity index (χ1v) is 8.73. The monoisotopic (exact) mass is 338 g/mol. The van der Waals surface area contributed by atoms with Gasteiger partial charge in [0.1, 0.15) is 5.82 Å². The Labute approximate surface area is 138 Å². The third-order valence-electron chi connectivity index (χ3n) is 3.49. The average Bonchev–Trinajstić information content (AvgIpc) is 3.06. The van der Waals surface area contributed by atoms with Gasteiger partial charge in [-0.05, 0) is 30.7 Å². The number of fused-ring (bicyclic) bond motifs is 1. The summed E-state index contributed by atoms with van der Waals surface area (Å²) >= 11 is 14.2. The molecule has 0 radical (unpaired) electrons. The molecular weight excluding hydrogens is 323 g/mol. The molecule has 2 heterocycles. The van der Waals surface area contributed by atoms with Crippen LogP contribution in [0.5, 0.6) is 0 Å². The summed E-state index contributed by atoms with van der Waals surface area (Å²) in [6.07, 6.45) is 1.82. The summed E-state index contributed by atoms with van der Waals surface area (Å²) < 4.78 is 2.20. The van der Waals surface area contributed by atoms with Crippen molar-refractivity contribution >= 4 is 45.6 Å². The number of nitrogens with zero attached hydrogens (tertiary/aromatic N) is 2. The van der Waals surface area contributed by atoms with Gasteiger partial charge in [0.25, 0.3) is 0 Å². The van der Waals surface area contributed by atoms with Gasteiger partial charge in [0, 0.05) is 22.1 Å². The fourth-order valence-corrected chi connectivity index (χ4v) is 3.88. The molecule has 0 unspecified atom stereocenters. The first kappa shape index (κ1) is 14.9. The SMILES string of the molecule is CCc1ccc(Cn2c(CCCl)nc3cccc(Cl)c32)s1. The number of aryl methyl sites for hydroxylation is 2. The smallest absolute Gasteiger partial charge is 0.111 e. The molecule has 3 rings (SSSR count). The van der Waals surface area contributed by atoms with Gasteiger partial charge in [-0.1, -0.05) is 24.6 Å². The number of hydrogen-bond donors (Lipinski definition) is 0. The Kier molecular flexibility index (Phi) is 4.53. The molecule has 0 saturated carbocycles. The van der Waals surface area contributed by atoms with Crippen LogP contribution in [-0.4, -0.2) is 15.4 Å². The van der Waals surface area contributed by atoms with Crippen molar-refractivity contribution in [2.24, 2.45) is 0 Å². The van der Waals surface area contributed by atoms with E-state index >= 15 is 0 Å². The topological polar surface area (TPSA) is 17.8 Å². The molecule has 0 atom stereocenters. The predicted octanol–water partition coefficient (Wildman–Crippen LogP) is 5.14. The van der Waals surface area contributed by atoms with E-state index in [4.69, 9.17) is 23.2 Å². The summed E-state index contributed by atoms with van der Waals surface area (Å²) in [5.41, 5.74) is 1.95. The van der Waals surface area contributed by atoms with E-state index in [0.717, 1.165) is 41.3 Å². The van der Waals surface area contributed by atoms with Crippen LogP contribution in [0.25, 0.3) is 11.0 Å². The van der Waals surface area contributed by atoms with Crippen molar-refractivity contribution in [1.29, 1.82) is 0 Å². The number of para-hydroxylation sites is 1. The zero-order chi connectivity index (χ0) is 14.8. The van der Waals surface area contributed by atoms with Crippen LogP contribution in [0.4, 0.5) is 0 Å². The van der Waals surface area contributed by atoms with E-state index < -0.39 is 0 Å². The lowest BCUT2D eigenvalue weighted by Crippen LogP contribution is -2.05. The van der Waals surface area contributed by atoms with Gasteiger partial charge < -0.3 is 4.57 Å². The average molecular weight is 339 g/mol. The van der Waals surface area contributed by atoms with Crippen LogP contribution in [0.3, 0.4) is 0 Å². The number of halogens is 2. The van der Waals surface area contributed by atoms with Gasteiger partial charge >= 0.3 is 0 Å². The largest absolute Gasteiger partial charge is 0.321 e. The van der Waals surface area contributed by atoms with Crippen molar-refractivity contribution in [3.63, 3.8) is 0 Å². The Morgan fingerprint density at radius 2 is 2.00 bits per heavy atom. The zero-order valence-electron chi connectivity index (χ0n) is 11.8. The highest BCUT2D eigenvalue weighted by Gasteiger charge is 2.14. The summed E-state index contributed by atoms with van der Waals surface area (Å²) in [6, 6.07) is 10.2. The van der Waals surface area contributed by atoms with Gasteiger partial charge in [0.05, 0.1) is 22.6 Å². The maximum absolute atomic E-state index is 6.38. The second-order valence-corrected chi connectivity index (χ2v) is 6.92. The Hall–Kier alpha value is -1.03. The number of alkyl halides is 1. The number of benzene rings is 1. The molecule has 0 fully saturated rings. The van der Waals surface area contributed by atoms with Crippen LogP contribution in [0.15, 0.2) is 30.3 Å². The van der Waals surface area contributed by atoms with Crippen molar-refractivity contribution in [3.8, 4) is 0 Å². The number of imidazole rings is 1. The molecule has 0 aliphatic heterocycles. The summed E-state index contributed by atoms with van der Waals surface area (Å²) in [4.78, 5) is 7.41. The van der Waals surface area contributed by atoms with Gasteiger partial charge in [-0.25, -0.2) is 4.98 Å². The van der Waals surface area contributed by atoms with E-state index in [1.54, 1.807) is 0 Å². The second-order valence-electron chi connectivity index (χ2n) is 4.88. The molecule has 3 aromatic rings. The Bertz CT molecular complexity index is 761. The number of rotatable bonds is 5. The van der Waals surface area contributed by atoms with E-state index in [9.17, 15) is 0 Å². The third kappa shape index (κ3) is 2.96. The van der Waals surface area contributed by atoms with Gasteiger partial charge in [-0.2, -0.15) is 0 Å². The highest BCUT2D eigenvalue weighted by molar-refractivity contribution is 7.11. The molecule has 21 heavy (non-hydrogen) atoms. The first-order chi connectivity index (χ1) is 10.2. The molecule has 2 nitrogen and oxygen atoms in total. The Morgan fingerprint density at radius 3 is 2.71 bits per heavy atom. The fourth-order valence-electron chi connectivity index (χ4n) is 2.49. The Morgan fingerprint density at radius 1 is 1.19 bits per heavy atom. The van der Waals surface area contributed by atoms with Crippen molar-refractivity contribution in [1.82, 2.24) is 9.55 Å². The number of thiophene rings is 1. The number of aromatic nitrogens is 2. The molecular formula is C16H16Cl2N2S. The van der Waals surface area contributed by atoms with E-state index in [1.807, 2.05) is 29.5 Å². The predicted molar refractivity (Wildman–Crippen MR) is 92.0 cm³/mol. The third-order valence-corrected chi connectivity index (χ3v) is 5.20. The highest BCUT2D eigenvalue weighted by atomic mass is 35.5. The van der Waals surface area contributed by atoms with E-state index in [1.165, 1.54) is 9.75 Å². The van der Waals surface area contributed by atoms with Crippen molar-refractivity contribution in [3.05, 3.63) is 50.9 Å². The van der Waals surface area contributed by atoms with E-state index in [0.29, 0.717) is 5.88 Å². The van der Waals surface area contributed by atoms with Crippen LogP contribution in [0.2, 0.25) is 5.02 Å². The van der Waals surface area contributed by atoms with Gasteiger partial charge in [0.2, 0.25) is 0 Å². The van der Waals surface area contributed by atoms with Crippen LogP contribution < -0.4 is 0 Å². The first-order valence-electron chi connectivity index (χ1n) is 7.00. The minimum absolute atomic E-state index is 0.561. The quantitative estimate of drug-likeness (QED) is 0.588. The Balaban J connectivity index is 2.07. The molecule has 0 aliphatic carbocycles. The minimum Gasteiger partial charge on any atom is -0.321 e. The summed E-state index contributed by atoms with van der Waals surface area (Å²) in [7, 11) is 0. The number of hydrogen-bond acceptors (Lipinski definition) is 2. The molecule has 110 valence electrons. The van der Waals surface area contributed by atoms with Crippen LogP contribution in [0.1, 0.15) is 22.5 Å². The van der Waals surface area contributed by atoms with E-state index in [-0.39, 0.29) is 0 Å². The van der Waals surface area contributed by atoms with E-state index in [2.05, 4.69) is 28.6 Å². The second kappa shape index (κ2) is 6.39. The minimum atomic E-state index is 0.561.